The average molecular weight is 535 g/mol. The number of phosphoric ester groups is 1. The van der Waals surface area contributed by atoms with Gasteiger partial charge in [0, 0.05) is 0 Å². The molecule has 218 valence electrons. The predicted molar refractivity (Wildman–Crippen MR) is 156 cm³/mol. The molecule has 0 aromatic heterocycles. The minimum Gasteiger partial charge on any atom is -0.327 e. The van der Waals surface area contributed by atoms with Crippen LogP contribution < -0.4 is 0 Å². The van der Waals surface area contributed by atoms with Gasteiger partial charge in [0.05, 0.1) is 27.2 Å². The molecule has 0 saturated heterocycles. The highest BCUT2D eigenvalue weighted by molar-refractivity contribution is 7.47. The normalized spacial score (nSPS) is 13.8. The summed E-state index contributed by atoms with van der Waals surface area (Å²) in [5.74, 6) is 0. The standard InChI is InChI=1S/C30H64NO4P/c1-5-7-9-11-13-15-17-18-19-21-23-25-27-31(3,4)28-30-35-36(32,33)34-29-26-24-22-20-16-14-12-10-8-6-2/h5-30H2,1-4H3/p+1. The van der Waals surface area contributed by atoms with Gasteiger partial charge in [-0.15, -0.1) is 0 Å². The van der Waals surface area contributed by atoms with Gasteiger partial charge >= 0.3 is 7.82 Å². The maximum absolute atomic E-state index is 12.1. The lowest BCUT2D eigenvalue weighted by Gasteiger charge is -2.29. The fraction of sp³-hybridized carbons (Fsp3) is 1.00. The summed E-state index contributed by atoms with van der Waals surface area (Å²) in [5, 5.41) is 0. The van der Waals surface area contributed by atoms with Crippen molar-refractivity contribution in [3.63, 3.8) is 0 Å². The molecule has 0 aliphatic rings. The Bertz CT molecular complexity index is 501. The molecule has 0 saturated carbocycles. The van der Waals surface area contributed by atoms with Crippen molar-refractivity contribution in [3.8, 4) is 0 Å². The van der Waals surface area contributed by atoms with Gasteiger partial charge in [0.2, 0.25) is 0 Å². The minimum absolute atomic E-state index is 0.261. The van der Waals surface area contributed by atoms with Gasteiger partial charge < -0.3 is 9.38 Å². The van der Waals surface area contributed by atoms with E-state index in [1.807, 2.05) is 0 Å². The van der Waals surface area contributed by atoms with Crippen LogP contribution in [0.2, 0.25) is 0 Å². The smallest absolute Gasteiger partial charge is 0.327 e. The highest BCUT2D eigenvalue weighted by Gasteiger charge is 2.23. The first kappa shape index (κ1) is 36.1. The molecule has 36 heavy (non-hydrogen) atoms. The van der Waals surface area contributed by atoms with E-state index in [9.17, 15) is 9.46 Å². The molecule has 0 radical (unpaired) electrons. The second-order valence-corrected chi connectivity index (χ2v) is 13.0. The van der Waals surface area contributed by atoms with Crippen LogP contribution in [0.1, 0.15) is 155 Å². The van der Waals surface area contributed by atoms with Crippen LogP contribution in [-0.4, -0.2) is 49.8 Å². The lowest BCUT2D eigenvalue weighted by Crippen LogP contribution is -2.42. The fourth-order valence-corrected chi connectivity index (χ4v) is 5.45. The van der Waals surface area contributed by atoms with E-state index in [0.29, 0.717) is 6.61 Å². The zero-order chi connectivity index (χ0) is 26.8. The molecule has 1 N–H and O–H groups in total. The Kier molecular flexibility index (Phi) is 25.4. The van der Waals surface area contributed by atoms with E-state index in [-0.39, 0.29) is 6.61 Å². The summed E-state index contributed by atoms with van der Waals surface area (Å²) in [6, 6.07) is 0. The maximum Gasteiger partial charge on any atom is 0.472 e. The van der Waals surface area contributed by atoms with Crippen LogP contribution >= 0.6 is 7.82 Å². The molecule has 1 unspecified atom stereocenters. The van der Waals surface area contributed by atoms with Crippen molar-refractivity contribution in [1.82, 2.24) is 0 Å². The third-order valence-electron chi connectivity index (χ3n) is 7.32. The summed E-state index contributed by atoms with van der Waals surface area (Å²) in [6.45, 7) is 6.90. The lowest BCUT2D eigenvalue weighted by molar-refractivity contribution is -0.890. The Morgan fingerprint density at radius 3 is 1.25 bits per heavy atom. The highest BCUT2D eigenvalue weighted by Crippen LogP contribution is 2.43. The van der Waals surface area contributed by atoms with Gasteiger partial charge in [-0.25, -0.2) is 4.57 Å². The Hall–Kier alpha value is 0.0700. The largest absolute Gasteiger partial charge is 0.472 e. The number of rotatable bonds is 29. The van der Waals surface area contributed by atoms with Crippen LogP contribution in [0.15, 0.2) is 0 Å². The van der Waals surface area contributed by atoms with Gasteiger partial charge in [0.25, 0.3) is 0 Å². The Morgan fingerprint density at radius 1 is 0.500 bits per heavy atom. The molecule has 1 atom stereocenters. The number of nitrogens with zero attached hydrogens (tertiary/aromatic N) is 1. The molecule has 0 amide bonds. The number of quaternary nitrogens is 1. The molecule has 0 rings (SSSR count). The van der Waals surface area contributed by atoms with Crippen molar-refractivity contribution < 1.29 is 23.0 Å². The van der Waals surface area contributed by atoms with Crippen LogP contribution in [0, 0.1) is 0 Å². The molecule has 0 aromatic rings. The lowest BCUT2D eigenvalue weighted by atomic mass is 10.1. The van der Waals surface area contributed by atoms with E-state index in [1.165, 1.54) is 128 Å². The number of phosphoric acid groups is 1. The SMILES string of the molecule is CCCCCCCCCCCCCC[N+](C)(C)CCOP(=O)(O)OCCCCCCCCCCCC. The van der Waals surface area contributed by atoms with Crippen LogP contribution in [0.3, 0.4) is 0 Å². The van der Waals surface area contributed by atoms with E-state index >= 15 is 0 Å². The third kappa shape index (κ3) is 27.1. The second kappa shape index (κ2) is 25.4. The van der Waals surface area contributed by atoms with E-state index < -0.39 is 7.82 Å². The van der Waals surface area contributed by atoms with Crippen LogP contribution in [0.5, 0.6) is 0 Å². The molecule has 6 heteroatoms. The summed E-state index contributed by atoms with van der Waals surface area (Å²) in [5.41, 5.74) is 0. The first-order valence-electron chi connectivity index (χ1n) is 15.8. The summed E-state index contributed by atoms with van der Waals surface area (Å²) in [6.07, 6.45) is 28.7. The zero-order valence-electron chi connectivity index (χ0n) is 25.0. The zero-order valence-corrected chi connectivity index (χ0v) is 25.8. The topological polar surface area (TPSA) is 55.8 Å². The van der Waals surface area contributed by atoms with E-state index in [0.717, 1.165) is 30.4 Å². The maximum atomic E-state index is 12.1. The van der Waals surface area contributed by atoms with Gasteiger partial charge in [-0.3, -0.25) is 9.05 Å². The number of hydrogen-bond acceptors (Lipinski definition) is 3. The van der Waals surface area contributed by atoms with Crippen molar-refractivity contribution >= 4 is 7.82 Å². The van der Waals surface area contributed by atoms with Gasteiger partial charge in [-0.1, -0.05) is 136 Å². The van der Waals surface area contributed by atoms with Crippen LogP contribution in [-0.2, 0) is 13.6 Å². The number of hydrogen-bond donors (Lipinski definition) is 1. The quantitative estimate of drug-likeness (QED) is 0.0589. The van der Waals surface area contributed by atoms with E-state index in [1.54, 1.807) is 0 Å². The van der Waals surface area contributed by atoms with Gasteiger partial charge in [-0.05, 0) is 19.3 Å². The van der Waals surface area contributed by atoms with Gasteiger partial charge in [0.15, 0.2) is 0 Å². The fourth-order valence-electron chi connectivity index (χ4n) is 4.70. The van der Waals surface area contributed by atoms with E-state index in [2.05, 4.69) is 27.9 Å². The Labute approximate surface area is 226 Å². The molecule has 0 bridgehead atoms. The first-order chi connectivity index (χ1) is 17.3. The first-order valence-corrected chi connectivity index (χ1v) is 17.3. The summed E-state index contributed by atoms with van der Waals surface area (Å²) >= 11 is 0. The molecule has 0 aliphatic heterocycles. The van der Waals surface area contributed by atoms with Gasteiger partial charge in [0.1, 0.15) is 13.2 Å². The van der Waals surface area contributed by atoms with Crippen molar-refractivity contribution in [3.05, 3.63) is 0 Å². The molecule has 0 spiro atoms. The summed E-state index contributed by atoms with van der Waals surface area (Å²) < 4.78 is 23.4. The van der Waals surface area contributed by atoms with E-state index in [4.69, 9.17) is 9.05 Å². The molecule has 5 nitrogen and oxygen atoms in total. The molecule has 0 aliphatic carbocycles. The highest BCUT2D eigenvalue weighted by atomic mass is 31.2. The average Bonchev–Trinajstić information content (AvgIpc) is 2.83. The Balaban J connectivity index is 3.57. The van der Waals surface area contributed by atoms with Crippen LogP contribution in [0.4, 0.5) is 0 Å². The monoisotopic (exact) mass is 534 g/mol. The van der Waals surface area contributed by atoms with Crippen molar-refractivity contribution in [2.45, 2.75) is 155 Å². The molecule has 0 aromatic carbocycles. The van der Waals surface area contributed by atoms with Crippen LogP contribution in [0.25, 0.3) is 0 Å². The predicted octanol–water partition coefficient (Wildman–Crippen LogP) is 9.82. The van der Waals surface area contributed by atoms with Crippen molar-refractivity contribution in [2.24, 2.45) is 0 Å². The minimum atomic E-state index is -3.92. The molecule has 0 fully saturated rings. The Morgan fingerprint density at radius 2 is 0.833 bits per heavy atom. The third-order valence-corrected chi connectivity index (χ3v) is 8.34. The van der Waals surface area contributed by atoms with Crippen molar-refractivity contribution in [2.75, 3.05) is 40.4 Å². The summed E-state index contributed by atoms with van der Waals surface area (Å²) in [4.78, 5) is 9.95. The molecular formula is C30H65NO4P+. The molecular weight excluding hydrogens is 469 g/mol. The molecule has 0 heterocycles. The summed E-state index contributed by atoms with van der Waals surface area (Å²) in [7, 11) is 0.427. The second-order valence-electron chi connectivity index (χ2n) is 11.6. The number of unbranched alkanes of at least 4 members (excludes halogenated alkanes) is 20. The van der Waals surface area contributed by atoms with Gasteiger partial charge in [-0.2, -0.15) is 0 Å². The van der Waals surface area contributed by atoms with Crippen molar-refractivity contribution in [1.29, 1.82) is 0 Å². The number of likely N-dealkylation sites (N-methyl/N-ethyl adjacent to an activating group) is 1.